The van der Waals surface area contributed by atoms with Gasteiger partial charge in [0, 0.05) is 12.2 Å². The average molecular weight is 236 g/mol. The van der Waals surface area contributed by atoms with Crippen LogP contribution in [0, 0.1) is 0 Å². The van der Waals surface area contributed by atoms with Crippen LogP contribution in [0.3, 0.4) is 0 Å². The molecule has 0 aromatic carbocycles. The van der Waals surface area contributed by atoms with Crippen molar-refractivity contribution < 1.29 is 9.63 Å². The van der Waals surface area contributed by atoms with Crippen LogP contribution in [0.4, 0.5) is 0 Å². The van der Waals surface area contributed by atoms with Gasteiger partial charge in [-0.1, -0.05) is 22.5 Å². The molecule has 0 aliphatic heterocycles. The van der Waals surface area contributed by atoms with E-state index in [0.717, 1.165) is 23.3 Å². The second-order valence-corrected chi connectivity index (χ2v) is 3.77. The minimum Gasteiger partial charge on any atom is -0.396 e. The molecule has 3 nitrogen and oxygen atoms in total. The maximum absolute atomic E-state index is 8.78. The summed E-state index contributed by atoms with van der Waals surface area (Å²) in [5.41, 5.74) is 8.19. The number of hydrogen-bond donors (Lipinski definition) is 1. The molecule has 2 rings (SSSR count). The van der Waals surface area contributed by atoms with Crippen molar-refractivity contribution in [2.24, 2.45) is 0 Å². The maximum Gasteiger partial charge on any atom is 0.127 e. The van der Waals surface area contributed by atoms with Crippen molar-refractivity contribution >= 4 is 17.2 Å². The summed E-state index contributed by atoms with van der Waals surface area (Å²) in [5, 5.41) is 13.2. The van der Waals surface area contributed by atoms with Crippen molar-refractivity contribution in [2.45, 2.75) is 12.8 Å². The number of rotatable bonds is 4. The SMILES string of the molecule is OCCCc1conc1C1=C=C=C(Cl)C=C1. The van der Waals surface area contributed by atoms with Gasteiger partial charge in [-0.25, -0.2) is 0 Å². The van der Waals surface area contributed by atoms with Crippen LogP contribution in [0.15, 0.2) is 39.4 Å². The zero-order valence-electron chi connectivity index (χ0n) is 8.53. The van der Waals surface area contributed by atoms with E-state index in [9.17, 15) is 0 Å². The van der Waals surface area contributed by atoms with Crippen LogP contribution in [-0.2, 0) is 6.42 Å². The van der Waals surface area contributed by atoms with E-state index >= 15 is 0 Å². The van der Waals surface area contributed by atoms with Crippen molar-refractivity contribution in [1.29, 1.82) is 0 Å². The van der Waals surface area contributed by atoms with Crippen molar-refractivity contribution in [3.05, 3.63) is 46.2 Å². The van der Waals surface area contributed by atoms with Crippen LogP contribution in [-0.4, -0.2) is 16.9 Å². The average Bonchev–Trinajstić information content (AvgIpc) is 2.75. The zero-order chi connectivity index (χ0) is 11.4. The summed E-state index contributed by atoms with van der Waals surface area (Å²) < 4.78 is 4.93. The lowest BCUT2D eigenvalue weighted by Crippen LogP contribution is -1.93. The van der Waals surface area contributed by atoms with Crippen LogP contribution in [0.1, 0.15) is 17.7 Å². The molecule has 0 saturated heterocycles. The molecule has 82 valence electrons. The molecule has 0 amide bonds. The molecule has 0 fully saturated rings. The second-order valence-electron chi connectivity index (χ2n) is 3.36. The zero-order valence-corrected chi connectivity index (χ0v) is 9.29. The molecule has 0 saturated carbocycles. The van der Waals surface area contributed by atoms with Crippen LogP contribution in [0.2, 0.25) is 0 Å². The number of allylic oxidation sites excluding steroid dienone is 4. The third kappa shape index (κ3) is 2.35. The first-order valence-corrected chi connectivity index (χ1v) is 5.33. The highest BCUT2D eigenvalue weighted by molar-refractivity contribution is 6.31. The smallest absolute Gasteiger partial charge is 0.127 e. The summed E-state index contributed by atoms with van der Waals surface area (Å²) >= 11 is 5.73. The number of aliphatic hydroxyl groups is 1. The lowest BCUT2D eigenvalue weighted by molar-refractivity contribution is 0.288. The van der Waals surface area contributed by atoms with Gasteiger partial charge in [-0.15, -0.1) is 0 Å². The van der Waals surface area contributed by atoms with Crippen LogP contribution < -0.4 is 0 Å². The minimum absolute atomic E-state index is 0.154. The Kier molecular flexibility index (Phi) is 3.45. The number of aromatic nitrogens is 1. The van der Waals surface area contributed by atoms with Gasteiger partial charge in [0.1, 0.15) is 12.0 Å². The third-order valence-corrected chi connectivity index (χ3v) is 2.44. The fourth-order valence-corrected chi connectivity index (χ4v) is 1.54. The number of aliphatic hydroxyl groups excluding tert-OH is 1. The summed E-state index contributed by atoms with van der Waals surface area (Å²) in [6, 6.07) is 0. The van der Waals surface area contributed by atoms with Gasteiger partial charge in [-0.2, -0.15) is 0 Å². The van der Waals surface area contributed by atoms with E-state index in [1.165, 1.54) is 0 Å². The first-order valence-electron chi connectivity index (χ1n) is 4.95. The Morgan fingerprint density at radius 2 is 2.25 bits per heavy atom. The molecule has 1 aliphatic carbocycles. The first kappa shape index (κ1) is 11.0. The fraction of sp³-hybridized carbons (Fsp3) is 0.250. The summed E-state index contributed by atoms with van der Waals surface area (Å²) in [4.78, 5) is 0. The lowest BCUT2D eigenvalue weighted by atomic mass is 10.0. The molecule has 1 N–H and O–H groups in total. The standard InChI is InChI=1S/C12H10ClNO2/c13-11-5-3-9(4-6-11)12-10(2-1-7-15)8-16-14-12/h3,5,8,15H,1-2,7H2. The molecule has 1 aliphatic rings. The molecule has 16 heavy (non-hydrogen) atoms. The summed E-state index contributed by atoms with van der Waals surface area (Å²) in [6.45, 7) is 0.154. The van der Waals surface area contributed by atoms with Crippen molar-refractivity contribution in [2.75, 3.05) is 6.61 Å². The Morgan fingerprint density at radius 3 is 2.94 bits per heavy atom. The number of hydrogen-bond acceptors (Lipinski definition) is 3. The van der Waals surface area contributed by atoms with E-state index < -0.39 is 0 Å². The van der Waals surface area contributed by atoms with E-state index in [1.807, 2.05) is 6.08 Å². The largest absolute Gasteiger partial charge is 0.396 e. The van der Waals surface area contributed by atoms with Crippen molar-refractivity contribution in [3.8, 4) is 0 Å². The Morgan fingerprint density at radius 1 is 1.38 bits per heavy atom. The highest BCUT2D eigenvalue weighted by atomic mass is 35.5. The predicted octanol–water partition coefficient (Wildman–Crippen LogP) is 2.43. The van der Waals surface area contributed by atoms with E-state index in [0.29, 0.717) is 11.5 Å². The van der Waals surface area contributed by atoms with Gasteiger partial charge in [0.15, 0.2) is 0 Å². The molecule has 1 aromatic rings. The first-order chi connectivity index (χ1) is 7.81. The molecule has 0 bridgehead atoms. The fourth-order valence-electron chi connectivity index (χ4n) is 1.43. The van der Waals surface area contributed by atoms with Gasteiger partial charge in [-0.3, -0.25) is 0 Å². The highest BCUT2D eigenvalue weighted by Gasteiger charge is 2.11. The van der Waals surface area contributed by atoms with Crippen LogP contribution in [0.25, 0.3) is 5.57 Å². The molecular formula is C12H10ClNO2. The highest BCUT2D eigenvalue weighted by Crippen LogP contribution is 2.22. The van der Waals surface area contributed by atoms with E-state index in [4.69, 9.17) is 21.2 Å². The van der Waals surface area contributed by atoms with Gasteiger partial charge >= 0.3 is 0 Å². The molecule has 0 radical (unpaired) electrons. The van der Waals surface area contributed by atoms with Gasteiger partial charge in [0.25, 0.3) is 0 Å². The molecule has 0 atom stereocenters. The van der Waals surface area contributed by atoms with Crippen LogP contribution >= 0.6 is 11.6 Å². The Balaban J connectivity index is 2.32. The lowest BCUT2D eigenvalue weighted by Gasteiger charge is -1.99. The second kappa shape index (κ2) is 5.02. The maximum atomic E-state index is 8.78. The number of nitrogens with zero attached hydrogens (tertiary/aromatic N) is 1. The Labute approximate surface area is 98.0 Å². The normalized spacial score (nSPS) is 13.9. The van der Waals surface area contributed by atoms with E-state index in [-0.39, 0.29) is 6.61 Å². The molecular weight excluding hydrogens is 226 g/mol. The Hall–Kier alpha value is -1.50. The third-order valence-electron chi connectivity index (χ3n) is 2.22. The van der Waals surface area contributed by atoms with Crippen molar-refractivity contribution in [3.63, 3.8) is 0 Å². The number of halogens is 1. The van der Waals surface area contributed by atoms with Gasteiger partial charge < -0.3 is 9.63 Å². The van der Waals surface area contributed by atoms with Gasteiger partial charge in [0.05, 0.1) is 10.6 Å². The molecule has 4 heteroatoms. The van der Waals surface area contributed by atoms with E-state index in [2.05, 4.69) is 16.6 Å². The van der Waals surface area contributed by atoms with E-state index in [1.54, 1.807) is 12.3 Å². The molecule has 1 aromatic heterocycles. The quantitative estimate of drug-likeness (QED) is 0.816. The van der Waals surface area contributed by atoms with Gasteiger partial charge in [0.2, 0.25) is 0 Å². The van der Waals surface area contributed by atoms with Crippen LogP contribution in [0.5, 0.6) is 0 Å². The van der Waals surface area contributed by atoms with Gasteiger partial charge in [-0.05, 0) is 30.7 Å². The monoisotopic (exact) mass is 235 g/mol. The molecule has 0 unspecified atom stereocenters. The molecule has 0 spiro atoms. The van der Waals surface area contributed by atoms with Crippen molar-refractivity contribution in [1.82, 2.24) is 5.16 Å². The topological polar surface area (TPSA) is 46.3 Å². The number of aryl methyl sites for hydroxylation is 1. The predicted molar refractivity (Wildman–Crippen MR) is 60.8 cm³/mol. The molecule has 1 heterocycles. The summed E-state index contributed by atoms with van der Waals surface area (Å²) in [7, 11) is 0. The summed E-state index contributed by atoms with van der Waals surface area (Å²) in [5.74, 6) is 0. The summed E-state index contributed by atoms with van der Waals surface area (Å²) in [6.07, 6.45) is 6.56. The minimum atomic E-state index is 0.154. The Bertz CT molecular complexity index is 515.